The van der Waals surface area contributed by atoms with E-state index in [9.17, 15) is 4.79 Å². The number of alkyl halides is 2. The van der Waals surface area contributed by atoms with Crippen molar-refractivity contribution in [3.8, 4) is 0 Å². The van der Waals surface area contributed by atoms with Gasteiger partial charge in [0.25, 0.3) is 11.8 Å². The summed E-state index contributed by atoms with van der Waals surface area (Å²) in [4.78, 5) is 20.0. The molecular weight excluding hydrogens is 476 g/mol. The van der Waals surface area contributed by atoms with Crippen molar-refractivity contribution in [2.75, 3.05) is 33.7 Å². The zero-order chi connectivity index (χ0) is 23.0. The van der Waals surface area contributed by atoms with Crippen molar-refractivity contribution < 1.29 is 13.6 Å². The summed E-state index contributed by atoms with van der Waals surface area (Å²) < 4.78 is 31.4. The Hall–Kier alpha value is -2.12. The molecule has 2 atom stereocenters. The average Bonchev–Trinajstić information content (AvgIpc) is 3.11. The Morgan fingerprint density at radius 1 is 1.25 bits per heavy atom. The lowest BCUT2D eigenvalue weighted by Crippen LogP contribution is -2.48. The van der Waals surface area contributed by atoms with Crippen LogP contribution in [0.5, 0.6) is 0 Å². The number of hydrogen-bond donors (Lipinski definition) is 0. The van der Waals surface area contributed by atoms with Gasteiger partial charge < -0.3 is 4.90 Å². The fourth-order valence-corrected chi connectivity index (χ4v) is 5.32. The summed E-state index contributed by atoms with van der Waals surface area (Å²) in [5, 5.41) is 0. The molecule has 7 heteroatoms. The molecule has 1 aliphatic heterocycles. The van der Waals surface area contributed by atoms with Crippen molar-refractivity contribution in [2.45, 2.75) is 37.5 Å². The average molecular weight is 504 g/mol. The number of piperidine rings is 1. The molecule has 0 radical (unpaired) electrons. The zero-order valence-corrected chi connectivity index (χ0v) is 20.2. The summed E-state index contributed by atoms with van der Waals surface area (Å²) in [5.41, 5.74) is 4.37. The van der Waals surface area contributed by atoms with Gasteiger partial charge in [0.1, 0.15) is 0 Å². The molecule has 1 aliphatic carbocycles. The van der Waals surface area contributed by atoms with Gasteiger partial charge in [-0.3, -0.25) is 14.7 Å². The van der Waals surface area contributed by atoms with E-state index in [1.54, 1.807) is 44.6 Å². The van der Waals surface area contributed by atoms with Crippen LogP contribution in [-0.4, -0.2) is 60.3 Å². The molecule has 170 valence electrons. The quantitative estimate of drug-likeness (QED) is 0.535. The van der Waals surface area contributed by atoms with Gasteiger partial charge in [-0.1, -0.05) is 41.1 Å². The van der Waals surface area contributed by atoms with Gasteiger partial charge in [0, 0.05) is 48.4 Å². The highest BCUT2D eigenvalue weighted by Gasteiger charge is 2.45. The number of pyridine rings is 1. The predicted molar refractivity (Wildman–Crippen MR) is 126 cm³/mol. The maximum atomic E-state index is 15.2. The van der Waals surface area contributed by atoms with Crippen LogP contribution in [0.3, 0.4) is 0 Å². The number of fused-ring (bicyclic) bond motifs is 1. The SMILES string of the molecule is CCC1C(CN2CC[C@H](c3ccc(C(=O)N(C)C)cc3)C(F)(F)C2)=Cc2c(Br)ccnc21. The molecule has 1 unspecified atom stereocenters. The van der Waals surface area contributed by atoms with Crippen molar-refractivity contribution in [1.82, 2.24) is 14.8 Å². The van der Waals surface area contributed by atoms with Crippen LogP contribution in [0.2, 0.25) is 0 Å². The number of likely N-dealkylation sites (tertiary alicyclic amines) is 1. The van der Waals surface area contributed by atoms with E-state index in [1.165, 1.54) is 4.90 Å². The zero-order valence-electron chi connectivity index (χ0n) is 18.6. The molecule has 4 rings (SSSR count). The van der Waals surface area contributed by atoms with Crippen LogP contribution < -0.4 is 0 Å². The van der Waals surface area contributed by atoms with Crippen molar-refractivity contribution in [1.29, 1.82) is 0 Å². The molecule has 2 aromatic rings. The van der Waals surface area contributed by atoms with E-state index in [-0.39, 0.29) is 18.4 Å². The molecule has 1 aromatic carbocycles. The van der Waals surface area contributed by atoms with Gasteiger partial charge in [-0.25, -0.2) is 8.78 Å². The van der Waals surface area contributed by atoms with E-state index in [2.05, 4.69) is 33.9 Å². The summed E-state index contributed by atoms with van der Waals surface area (Å²) >= 11 is 3.59. The van der Waals surface area contributed by atoms with E-state index in [0.29, 0.717) is 30.6 Å². The molecule has 2 heterocycles. The van der Waals surface area contributed by atoms with Gasteiger partial charge in [0.2, 0.25) is 0 Å². The first-order valence-corrected chi connectivity index (χ1v) is 11.8. The number of carbonyl (C=O) groups excluding carboxylic acids is 1. The minimum absolute atomic E-state index is 0.129. The molecule has 0 N–H and O–H groups in total. The highest BCUT2D eigenvalue weighted by molar-refractivity contribution is 9.10. The van der Waals surface area contributed by atoms with Crippen molar-refractivity contribution >= 4 is 27.9 Å². The van der Waals surface area contributed by atoms with Crippen molar-refractivity contribution in [3.05, 3.63) is 69.0 Å². The first-order chi connectivity index (χ1) is 15.2. The summed E-state index contributed by atoms with van der Waals surface area (Å²) in [6.45, 7) is 2.98. The standard InChI is InChI=1S/C25H28BrF2N3O/c1-4-19-18(13-20-22(26)9-11-29-23(19)20)14-31-12-10-21(25(27,28)15-31)16-5-7-17(8-6-16)24(32)30(2)3/h5-9,11,13,19,21H,4,10,12,14-15H2,1-3H3/t19?,21-/m1/s1. The van der Waals surface area contributed by atoms with Crippen LogP contribution >= 0.6 is 15.9 Å². The number of aromatic nitrogens is 1. The second-order valence-corrected chi connectivity index (χ2v) is 9.76. The third-order valence-electron chi connectivity index (χ3n) is 6.53. The van der Waals surface area contributed by atoms with Crippen LogP contribution in [0.15, 0.2) is 46.6 Å². The Bertz CT molecular complexity index is 1040. The van der Waals surface area contributed by atoms with Crippen LogP contribution in [0.1, 0.15) is 58.8 Å². The summed E-state index contributed by atoms with van der Waals surface area (Å²) in [7, 11) is 3.35. The first-order valence-electron chi connectivity index (χ1n) is 11.0. The van der Waals surface area contributed by atoms with Gasteiger partial charge in [0.05, 0.1) is 18.2 Å². The third-order valence-corrected chi connectivity index (χ3v) is 7.23. The molecule has 1 aromatic heterocycles. The highest BCUT2D eigenvalue weighted by Crippen LogP contribution is 2.43. The Morgan fingerprint density at radius 2 is 1.97 bits per heavy atom. The highest BCUT2D eigenvalue weighted by atomic mass is 79.9. The number of rotatable bonds is 5. The Labute approximate surface area is 196 Å². The molecular formula is C25H28BrF2N3O. The largest absolute Gasteiger partial charge is 0.345 e. The summed E-state index contributed by atoms with van der Waals surface area (Å²) in [6.07, 6.45) is 5.19. The molecule has 4 nitrogen and oxygen atoms in total. The van der Waals surface area contributed by atoms with Gasteiger partial charge >= 0.3 is 0 Å². The van der Waals surface area contributed by atoms with E-state index in [0.717, 1.165) is 27.7 Å². The molecule has 0 saturated carbocycles. The number of carbonyl (C=O) groups is 1. The number of benzene rings is 1. The molecule has 2 aliphatic rings. The molecule has 1 saturated heterocycles. The van der Waals surface area contributed by atoms with Crippen molar-refractivity contribution in [2.24, 2.45) is 0 Å². The van der Waals surface area contributed by atoms with Crippen LogP contribution in [0, 0.1) is 0 Å². The second-order valence-electron chi connectivity index (χ2n) is 8.91. The van der Waals surface area contributed by atoms with Gasteiger partial charge in [0.15, 0.2) is 0 Å². The fourth-order valence-electron chi connectivity index (χ4n) is 4.89. The number of hydrogen-bond acceptors (Lipinski definition) is 3. The lowest BCUT2D eigenvalue weighted by Gasteiger charge is -2.39. The Morgan fingerprint density at radius 3 is 2.59 bits per heavy atom. The maximum Gasteiger partial charge on any atom is 0.267 e. The Balaban J connectivity index is 1.46. The minimum Gasteiger partial charge on any atom is -0.345 e. The predicted octanol–water partition coefficient (Wildman–Crippen LogP) is 5.56. The molecule has 1 amide bonds. The summed E-state index contributed by atoms with van der Waals surface area (Å²) in [6, 6.07) is 8.58. The van der Waals surface area contributed by atoms with Gasteiger partial charge in [-0.05, 0) is 48.7 Å². The van der Waals surface area contributed by atoms with E-state index < -0.39 is 11.8 Å². The van der Waals surface area contributed by atoms with E-state index >= 15 is 8.78 Å². The Kier molecular flexibility index (Phi) is 6.50. The molecule has 0 spiro atoms. The lowest BCUT2D eigenvalue weighted by atomic mass is 9.85. The first kappa shape index (κ1) is 23.1. The molecule has 1 fully saturated rings. The van der Waals surface area contributed by atoms with Crippen molar-refractivity contribution in [3.63, 3.8) is 0 Å². The number of nitrogens with zero attached hydrogens (tertiary/aromatic N) is 3. The lowest BCUT2D eigenvalue weighted by molar-refractivity contribution is -0.0807. The topological polar surface area (TPSA) is 36.4 Å². The third kappa shape index (κ3) is 4.37. The number of amides is 1. The van der Waals surface area contributed by atoms with Crippen LogP contribution in [0.25, 0.3) is 6.08 Å². The monoisotopic (exact) mass is 503 g/mol. The smallest absolute Gasteiger partial charge is 0.267 e. The normalized spacial score (nSPS) is 22.4. The van der Waals surface area contributed by atoms with Crippen LogP contribution in [-0.2, 0) is 0 Å². The van der Waals surface area contributed by atoms with E-state index in [1.807, 2.05) is 11.0 Å². The number of halogens is 3. The van der Waals surface area contributed by atoms with Crippen LogP contribution in [0.4, 0.5) is 8.78 Å². The minimum atomic E-state index is -2.84. The molecule has 0 bridgehead atoms. The second kappa shape index (κ2) is 9.02. The fraction of sp³-hybridized carbons (Fsp3) is 0.440. The summed E-state index contributed by atoms with van der Waals surface area (Å²) in [5.74, 6) is -3.63. The maximum absolute atomic E-state index is 15.2. The van der Waals surface area contributed by atoms with E-state index in [4.69, 9.17) is 0 Å². The van der Waals surface area contributed by atoms with Gasteiger partial charge in [-0.2, -0.15) is 0 Å². The van der Waals surface area contributed by atoms with Gasteiger partial charge in [-0.15, -0.1) is 0 Å². The molecule has 32 heavy (non-hydrogen) atoms.